The van der Waals surface area contributed by atoms with E-state index in [-0.39, 0.29) is 0 Å². The van der Waals surface area contributed by atoms with Gasteiger partial charge in [0.2, 0.25) is 0 Å². The Balaban J connectivity index is 4.07. The maximum absolute atomic E-state index is 3.70. The van der Waals surface area contributed by atoms with Crippen molar-refractivity contribution >= 4 is 0 Å². The molecule has 0 aromatic carbocycles. The first-order chi connectivity index (χ1) is 3.72. The van der Waals surface area contributed by atoms with Crippen LogP contribution in [0.3, 0.4) is 0 Å². The molecule has 0 unspecified atom stereocenters. The highest BCUT2D eigenvalue weighted by Crippen LogP contribution is 2.06. The maximum atomic E-state index is 3.70. The lowest BCUT2D eigenvalue weighted by molar-refractivity contribution is 1.10. The molecule has 0 aromatic rings. The summed E-state index contributed by atoms with van der Waals surface area (Å²) in [6.45, 7) is 10.1. The molecule has 0 rings (SSSR count). The van der Waals surface area contributed by atoms with E-state index < -0.39 is 0 Å². The molecule has 0 heterocycles. The lowest BCUT2D eigenvalue weighted by Gasteiger charge is -1.96. The van der Waals surface area contributed by atoms with Gasteiger partial charge in [0.15, 0.2) is 0 Å². The van der Waals surface area contributed by atoms with E-state index in [2.05, 4.69) is 27.4 Å². The van der Waals surface area contributed by atoms with Crippen molar-refractivity contribution in [3.05, 3.63) is 23.8 Å². The van der Waals surface area contributed by atoms with Crippen molar-refractivity contribution in [1.82, 2.24) is 0 Å². The molecule has 0 amide bonds. The zero-order valence-corrected chi connectivity index (χ0v) is 5.99. The third-order valence-electron chi connectivity index (χ3n) is 1.27. The average molecular weight is 110 g/mol. The number of hydrogen-bond donors (Lipinski definition) is 0. The quantitative estimate of drug-likeness (QED) is 0.479. The molecule has 0 saturated heterocycles. The van der Waals surface area contributed by atoms with Crippen molar-refractivity contribution in [1.29, 1.82) is 0 Å². The average Bonchev–Trinajstić information content (AvgIpc) is 1.69. The van der Waals surface area contributed by atoms with E-state index >= 15 is 0 Å². The van der Waals surface area contributed by atoms with Crippen LogP contribution in [0.4, 0.5) is 0 Å². The first kappa shape index (κ1) is 7.48. The SMILES string of the molecule is C=CC(CC)=C(C)C. The molecular formula is C8H14. The van der Waals surface area contributed by atoms with Gasteiger partial charge in [-0.3, -0.25) is 0 Å². The monoisotopic (exact) mass is 110 g/mol. The van der Waals surface area contributed by atoms with Gasteiger partial charge in [-0.1, -0.05) is 30.7 Å². The van der Waals surface area contributed by atoms with Crippen LogP contribution in [0, 0.1) is 0 Å². The first-order valence-electron chi connectivity index (χ1n) is 3.01. The Morgan fingerprint density at radius 1 is 1.50 bits per heavy atom. The van der Waals surface area contributed by atoms with Crippen LogP contribution >= 0.6 is 0 Å². The van der Waals surface area contributed by atoms with Crippen LogP contribution in [-0.4, -0.2) is 0 Å². The highest BCUT2D eigenvalue weighted by atomic mass is 13.9. The predicted octanol–water partition coefficient (Wildman–Crippen LogP) is 2.92. The molecule has 0 nitrogen and oxygen atoms in total. The minimum Gasteiger partial charge on any atom is -0.0988 e. The molecule has 0 saturated carbocycles. The molecule has 0 fully saturated rings. The Morgan fingerprint density at radius 3 is 2.00 bits per heavy atom. The molecule has 46 valence electrons. The summed E-state index contributed by atoms with van der Waals surface area (Å²) in [7, 11) is 0. The summed E-state index contributed by atoms with van der Waals surface area (Å²) in [4.78, 5) is 0. The molecular weight excluding hydrogens is 96.1 g/mol. The van der Waals surface area contributed by atoms with Gasteiger partial charge in [0.1, 0.15) is 0 Å². The second-order valence-electron chi connectivity index (χ2n) is 2.08. The van der Waals surface area contributed by atoms with Gasteiger partial charge >= 0.3 is 0 Å². The van der Waals surface area contributed by atoms with Gasteiger partial charge in [0.25, 0.3) is 0 Å². The van der Waals surface area contributed by atoms with Crippen LogP contribution in [0.25, 0.3) is 0 Å². The molecule has 0 radical (unpaired) electrons. The third kappa shape index (κ3) is 1.97. The lowest BCUT2D eigenvalue weighted by Crippen LogP contribution is -1.76. The van der Waals surface area contributed by atoms with E-state index in [1.54, 1.807) is 0 Å². The van der Waals surface area contributed by atoms with E-state index in [0.29, 0.717) is 0 Å². The fraction of sp³-hybridized carbons (Fsp3) is 0.500. The maximum Gasteiger partial charge on any atom is -0.0308 e. The van der Waals surface area contributed by atoms with Crippen LogP contribution in [-0.2, 0) is 0 Å². The van der Waals surface area contributed by atoms with Crippen LogP contribution in [0.5, 0.6) is 0 Å². The highest BCUT2D eigenvalue weighted by Gasteiger charge is 1.86. The summed E-state index contributed by atoms with van der Waals surface area (Å²) in [6.07, 6.45) is 3.03. The van der Waals surface area contributed by atoms with Crippen molar-refractivity contribution in [3.63, 3.8) is 0 Å². The van der Waals surface area contributed by atoms with Crippen LogP contribution in [0.15, 0.2) is 23.8 Å². The normalized spacial score (nSPS) is 8.38. The van der Waals surface area contributed by atoms with Gasteiger partial charge in [-0.2, -0.15) is 0 Å². The highest BCUT2D eigenvalue weighted by molar-refractivity contribution is 5.20. The second kappa shape index (κ2) is 3.48. The fourth-order valence-electron chi connectivity index (χ4n) is 0.702. The standard InChI is InChI=1S/C8H14/c1-5-8(6-2)7(3)4/h5H,1,6H2,2-4H3. The van der Waals surface area contributed by atoms with Gasteiger partial charge < -0.3 is 0 Å². The molecule has 0 aliphatic carbocycles. The zero-order chi connectivity index (χ0) is 6.57. The Morgan fingerprint density at radius 2 is 2.00 bits per heavy atom. The molecule has 0 heteroatoms. The molecule has 0 spiro atoms. The molecule has 0 N–H and O–H groups in total. The lowest BCUT2D eigenvalue weighted by atomic mass is 10.1. The van der Waals surface area contributed by atoms with Gasteiger partial charge in [-0.05, 0) is 20.3 Å². The molecule has 0 bridgehead atoms. The molecule has 0 aliphatic heterocycles. The predicted molar refractivity (Wildman–Crippen MR) is 38.9 cm³/mol. The molecule has 0 aromatic heterocycles. The Kier molecular flexibility index (Phi) is 3.25. The topological polar surface area (TPSA) is 0 Å². The van der Waals surface area contributed by atoms with E-state index in [0.717, 1.165) is 6.42 Å². The third-order valence-corrected chi connectivity index (χ3v) is 1.27. The van der Waals surface area contributed by atoms with Gasteiger partial charge in [0.05, 0.1) is 0 Å². The van der Waals surface area contributed by atoms with Crippen molar-refractivity contribution in [2.24, 2.45) is 0 Å². The summed E-state index contributed by atoms with van der Waals surface area (Å²) < 4.78 is 0. The summed E-state index contributed by atoms with van der Waals surface area (Å²) in [5.74, 6) is 0. The zero-order valence-electron chi connectivity index (χ0n) is 5.99. The Bertz CT molecular complexity index is 103. The van der Waals surface area contributed by atoms with Crippen molar-refractivity contribution < 1.29 is 0 Å². The van der Waals surface area contributed by atoms with Crippen molar-refractivity contribution in [3.8, 4) is 0 Å². The van der Waals surface area contributed by atoms with Crippen LogP contribution in [0.1, 0.15) is 27.2 Å². The van der Waals surface area contributed by atoms with Crippen molar-refractivity contribution in [2.75, 3.05) is 0 Å². The Hall–Kier alpha value is -0.520. The summed E-state index contributed by atoms with van der Waals surface area (Å²) in [5.41, 5.74) is 2.74. The van der Waals surface area contributed by atoms with Gasteiger partial charge in [-0.15, -0.1) is 0 Å². The van der Waals surface area contributed by atoms with E-state index in [9.17, 15) is 0 Å². The van der Waals surface area contributed by atoms with Gasteiger partial charge in [0, 0.05) is 0 Å². The summed E-state index contributed by atoms with van der Waals surface area (Å²) in [5, 5.41) is 0. The van der Waals surface area contributed by atoms with E-state index in [1.807, 2.05) is 6.08 Å². The summed E-state index contributed by atoms with van der Waals surface area (Å²) >= 11 is 0. The number of allylic oxidation sites excluding steroid dienone is 3. The Labute approximate surface area is 51.9 Å². The fourth-order valence-corrected chi connectivity index (χ4v) is 0.702. The molecule has 0 aliphatic rings. The van der Waals surface area contributed by atoms with Crippen LogP contribution < -0.4 is 0 Å². The number of rotatable bonds is 2. The largest absolute Gasteiger partial charge is 0.0988 e. The number of hydrogen-bond acceptors (Lipinski definition) is 0. The second-order valence-corrected chi connectivity index (χ2v) is 2.08. The van der Waals surface area contributed by atoms with Crippen LogP contribution in [0.2, 0.25) is 0 Å². The molecule has 0 atom stereocenters. The molecule has 8 heavy (non-hydrogen) atoms. The van der Waals surface area contributed by atoms with E-state index in [4.69, 9.17) is 0 Å². The summed E-state index contributed by atoms with van der Waals surface area (Å²) in [6, 6.07) is 0. The minimum absolute atomic E-state index is 1.10. The first-order valence-corrected chi connectivity index (χ1v) is 3.01. The minimum atomic E-state index is 1.10. The smallest absolute Gasteiger partial charge is 0.0308 e. The van der Waals surface area contributed by atoms with E-state index in [1.165, 1.54) is 11.1 Å². The van der Waals surface area contributed by atoms with Crippen molar-refractivity contribution in [2.45, 2.75) is 27.2 Å². The van der Waals surface area contributed by atoms with Gasteiger partial charge in [-0.25, -0.2) is 0 Å².